The lowest BCUT2D eigenvalue weighted by Gasteiger charge is -2.20. The largest absolute Gasteiger partial charge is 0.308 e. The van der Waals surface area contributed by atoms with Gasteiger partial charge in [0.15, 0.2) is 0 Å². The highest BCUT2D eigenvalue weighted by Gasteiger charge is 2.10. The second-order valence-corrected chi connectivity index (χ2v) is 5.13. The number of pyridine rings is 1. The predicted octanol–water partition coefficient (Wildman–Crippen LogP) is 3.76. The first-order valence-electron chi connectivity index (χ1n) is 6.78. The van der Waals surface area contributed by atoms with Gasteiger partial charge in [-0.25, -0.2) is 0 Å². The molecule has 1 aromatic carbocycles. The molecule has 0 saturated heterocycles. The molecule has 0 spiro atoms. The van der Waals surface area contributed by atoms with E-state index in [0.717, 1.165) is 24.2 Å². The Bertz CT molecular complexity index is 505. The summed E-state index contributed by atoms with van der Waals surface area (Å²) in [6.07, 6.45) is 1.16. The van der Waals surface area contributed by atoms with Crippen LogP contribution in [-0.4, -0.2) is 11.0 Å². The average molecular weight is 242 g/mol. The van der Waals surface area contributed by atoms with Gasteiger partial charge in [-0.3, -0.25) is 4.98 Å². The standard InChI is InChI=1S/C16H22N2/c1-4-15(12(2)3)17-11-14-10-9-13-7-5-6-8-16(13)18-14/h5-10,12,15,17H,4,11H2,1-3H3. The van der Waals surface area contributed by atoms with Crippen molar-refractivity contribution in [2.75, 3.05) is 0 Å². The number of hydrogen-bond acceptors (Lipinski definition) is 2. The Morgan fingerprint density at radius 3 is 2.61 bits per heavy atom. The van der Waals surface area contributed by atoms with Crippen LogP contribution < -0.4 is 5.32 Å². The Hall–Kier alpha value is -1.41. The second-order valence-electron chi connectivity index (χ2n) is 5.13. The van der Waals surface area contributed by atoms with Crippen molar-refractivity contribution < 1.29 is 0 Å². The summed E-state index contributed by atoms with van der Waals surface area (Å²) < 4.78 is 0. The maximum absolute atomic E-state index is 4.68. The molecule has 0 aliphatic rings. The maximum atomic E-state index is 4.68. The molecule has 0 radical (unpaired) electrons. The third kappa shape index (κ3) is 3.08. The molecule has 2 nitrogen and oxygen atoms in total. The van der Waals surface area contributed by atoms with Crippen LogP contribution in [0.5, 0.6) is 0 Å². The SMILES string of the molecule is CCC(NCc1ccc2ccccc2n1)C(C)C. The van der Waals surface area contributed by atoms with E-state index in [2.05, 4.69) is 55.3 Å². The quantitative estimate of drug-likeness (QED) is 0.863. The molecule has 0 aliphatic carbocycles. The van der Waals surface area contributed by atoms with Crippen LogP contribution in [-0.2, 0) is 6.54 Å². The van der Waals surface area contributed by atoms with E-state index in [1.54, 1.807) is 0 Å². The fourth-order valence-corrected chi connectivity index (χ4v) is 2.29. The lowest BCUT2D eigenvalue weighted by atomic mass is 10.0. The van der Waals surface area contributed by atoms with Gasteiger partial charge in [-0.1, -0.05) is 45.0 Å². The number of hydrogen-bond donors (Lipinski definition) is 1. The molecule has 1 unspecified atom stereocenters. The van der Waals surface area contributed by atoms with Gasteiger partial charge in [0, 0.05) is 18.0 Å². The monoisotopic (exact) mass is 242 g/mol. The molecule has 1 aromatic heterocycles. The maximum Gasteiger partial charge on any atom is 0.0705 e. The van der Waals surface area contributed by atoms with Crippen molar-refractivity contribution in [3.63, 3.8) is 0 Å². The summed E-state index contributed by atoms with van der Waals surface area (Å²) >= 11 is 0. The van der Waals surface area contributed by atoms with Gasteiger partial charge in [-0.2, -0.15) is 0 Å². The minimum absolute atomic E-state index is 0.568. The summed E-state index contributed by atoms with van der Waals surface area (Å²) in [6.45, 7) is 7.59. The summed E-state index contributed by atoms with van der Waals surface area (Å²) in [5, 5.41) is 4.79. The van der Waals surface area contributed by atoms with Gasteiger partial charge in [0.25, 0.3) is 0 Å². The summed E-state index contributed by atoms with van der Waals surface area (Å²) in [4.78, 5) is 4.68. The third-order valence-electron chi connectivity index (χ3n) is 3.45. The molecule has 1 atom stereocenters. The molecule has 2 aromatic rings. The van der Waals surface area contributed by atoms with Crippen LogP contribution in [0.4, 0.5) is 0 Å². The highest BCUT2D eigenvalue weighted by atomic mass is 14.9. The van der Waals surface area contributed by atoms with E-state index < -0.39 is 0 Å². The summed E-state index contributed by atoms with van der Waals surface area (Å²) in [5.74, 6) is 0.662. The molecular formula is C16H22N2. The van der Waals surface area contributed by atoms with Gasteiger partial charge < -0.3 is 5.32 Å². The highest BCUT2D eigenvalue weighted by Crippen LogP contribution is 2.12. The van der Waals surface area contributed by atoms with Crippen molar-refractivity contribution in [3.8, 4) is 0 Å². The zero-order valence-electron chi connectivity index (χ0n) is 11.5. The van der Waals surface area contributed by atoms with Crippen LogP contribution in [0.3, 0.4) is 0 Å². The van der Waals surface area contributed by atoms with Gasteiger partial charge in [-0.05, 0) is 24.5 Å². The molecule has 18 heavy (non-hydrogen) atoms. The fourth-order valence-electron chi connectivity index (χ4n) is 2.29. The third-order valence-corrected chi connectivity index (χ3v) is 3.45. The first kappa shape index (κ1) is 13.0. The molecule has 0 aliphatic heterocycles. The second kappa shape index (κ2) is 5.96. The van der Waals surface area contributed by atoms with Crippen LogP contribution in [0.1, 0.15) is 32.9 Å². The molecule has 0 fully saturated rings. The minimum atomic E-state index is 0.568. The van der Waals surface area contributed by atoms with Gasteiger partial charge in [-0.15, -0.1) is 0 Å². The van der Waals surface area contributed by atoms with Gasteiger partial charge >= 0.3 is 0 Å². The highest BCUT2D eigenvalue weighted by molar-refractivity contribution is 5.78. The summed E-state index contributed by atoms with van der Waals surface area (Å²) in [5.41, 5.74) is 2.20. The van der Waals surface area contributed by atoms with E-state index >= 15 is 0 Å². The van der Waals surface area contributed by atoms with E-state index in [1.807, 2.05) is 12.1 Å². The van der Waals surface area contributed by atoms with Gasteiger partial charge in [0.1, 0.15) is 0 Å². The summed E-state index contributed by atoms with van der Waals surface area (Å²) in [7, 11) is 0. The normalized spacial score (nSPS) is 13.1. The smallest absolute Gasteiger partial charge is 0.0705 e. The van der Waals surface area contributed by atoms with Crippen molar-refractivity contribution in [1.82, 2.24) is 10.3 Å². The van der Waals surface area contributed by atoms with E-state index in [-0.39, 0.29) is 0 Å². The number of aromatic nitrogens is 1. The fraction of sp³-hybridized carbons (Fsp3) is 0.438. The average Bonchev–Trinajstić information content (AvgIpc) is 2.39. The Labute approximate surface area is 109 Å². The van der Waals surface area contributed by atoms with Crippen molar-refractivity contribution in [2.24, 2.45) is 5.92 Å². The van der Waals surface area contributed by atoms with Crippen LogP contribution in [0, 0.1) is 5.92 Å². The van der Waals surface area contributed by atoms with Crippen molar-refractivity contribution in [2.45, 2.75) is 39.8 Å². The van der Waals surface area contributed by atoms with Gasteiger partial charge in [0.05, 0.1) is 11.2 Å². The molecular weight excluding hydrogens is 220 g/mol. The number of benzene rings is 1. The van der Waals surface area contributed by atoms with Crippen LogP contribution in [0.2, 0.25) is 0 Å². The van der Waals surface area contributed by atoms with E-state index in [1.165, 1.54) is 5.39 Å². The van der Waals surface area contributed by atoms with Crippen molar-refractivity contribution >= 4 is 10.9 Å². The number of rotatable bonds is 5. The number of nitrogens with zero attached hydrogens (tertiary/aromatic N) is 1. The molecule has 96 valence electrons. The van der Waals surface area contributed by atoms with E-state index in [4.69, 9.17) is 0 Å². The topological polar surface area (TPSA) is 24.9 Å². The first-order chi connectivity index (χ1) is 8.70. The Morgan fingerprint density at radius 1 is 1.11 bits per heavy atom. The molecule has 2 heteroatoms. The molecule has 0 saturated carbocycles. The molecule has 1 heterocycles. The van der Waals surface area contributed by atoms with Crippen molar-refractivity contribution in [1.29, 1.82) is 0 Å². The molecule has 2 rings (SSSR count). The number of nitrogens with one attached hydrogen (secondary N) is 1. The van der Waals surface area contributed by atoms with Crippen LogP contribution >= 0.6 is 0 Å². The van der Waals surface area contributed by atoms with E-state index in [0.29, 0.717) is 12.0 Å². The lowest BCUT2D eigenvalue weighted by molar-refractivity contribution is 0.386. The minimum Gasteiger partial charge on any atom is -0.308 e. The molecule has 0 bridgehead atoms. The summed E-state index contributed by atoms with van der Waals surface area (Å²) in [6, 6.07) is 13.1. The number of fused-ring (bicyclic) bond motifs is 1. The Morgan fingerprint density at radius 2 is 1.89 bits per heavy atom. The lowest BCUT2D eigenvalue weighted by Crippen LogP contribution is -2.32. The Balaban J connectivity index is 2.07. The van der Waals surface area contributed by atoms with Crippen LogP contribution in [0.25, 0.3) is 10.9 Å². The zero-order valence-corrected chi connectivity index (χ0v) is 11.5. The zero-order chi connectivity index (χ0) is 13.0. The number of para-hydroxylation sites is 1. The van der Waals surface area contributed by atoms with Gasteiger partial charge in [0.2, 0.25) is 0 Å². The van der Waals surface area contributed by atoms with Crippen LogP contribution in [0.15, 0.2) is 36.4 Å². The van der Waals surface area contributed by atoms with E-state index in [9.17, 15) is 0 Å². The molecule has 0 amide bonds. The predicted molar refractivity (Wildman–Crippen MR) is 77.5 cm³/mol. The van der Waals surface area contributed by atoms with Crippen molar-refractivity contribution in [3.05, 3.63) is 42.1 Å². The first-order valence-corrected chi connectivity index (χ1v) is 6.78. The Kier molecular flexibility index (Phi) is 4.32. The molecule has 1 N–H and O–H groups in total.